The van der Waals surface area contributed by atoms with Crippen LogP contribution < -0.4 is 0 Å². The number of allylic oxidation sites excluding steroid dienone is 2. The summed E-state index contributed by atoms with van der Waals surface area (Å²) in [6, 6.07) is 0. The molecular formula is C7H9N2. The topological polar surface area (TPSA) is 28.7 Å². The molecule has 0 aliphatic rings. The van der Waals surface area contributed by atoms with Gasteiger partial charge in [0.15, 0.2) is 0 Å². The Hall–Kier alpha value is -1.05. The van der Waals surface area contributed by atoms with Crippen molar-refractivity contribution in [2.75, 3.05) is 0 Å². The fourth-order valence-electron chi connectivity index (χ4n) is 0.578. The van der Waals surface area contributed by atoms with E-state index in [1.54, 1.807) is 12.4 Å². The Kier molecular flexibility index (Phi) is 1.68. The molecule has 0 spiro atoms. The van der Waals surface area contributed by atoms with E-state index in [-0.39, 0.29) is 0 Å². The Bertz CT molecular complexity index is 197. The van der Waals surface area contributed by atoms with Gasteiger partial charge >= 0.3 is 0 Å². The molecule has 1 aromatic heterocycles. The molecule has 0 aliphatic carbocycles. The smallest absolute Gasteiger partial charge is 0.132 e. The average Bonchev–Trinajstić information content (AvgIpc) is 2.37. The summed E-state index contributed by atoms with van der Waals surface area (Å²) in [5.74, 6) is 0.845. The van der Waals surface area contributed by atoms with Crippen molar-refractivity contribution in [2.24, 2.45) is 0 Å². The van der Waals surface area contributed by atoms with E-state index in [0.717, 1.165) is 11.4 Å². The first kappa shape index (κ1) is 6.08. The first-order valence-corrected chi connectivity index (χ1v) is 2.82. The van der Waals surface area contributed by atoms with Crippen molar-refractivity contribution in [3.05, 3.63) is 31.2 Å². The standard InChI is InChI=1S/C7H9N2/c1-3-6(2)7-8-4-5-9-7/h3-5H,2H2,1H3,(H,8,9). The lowest BCUT2D eigenvalue weighted by Crippen LogP contribution is -1.79. The normalized spacial score (nSPS) is 12.0. The van der Waals surface area contributed by atoms with Gasteiger partial charge in [0.05, 0.1) is 0 Å². The second kappa shape index (κ2) is 2.49. The molecule has 0 saturated carbocycles. The van der Waals surface area contributed by atoms with Crippen LogP contribution in [0.15, 0.2) is 18.5 Å². The number of hydrogen-bond donors (Lipinski definition) is 1. The van der Waals surface area contributed by atoms with Crippen LogP contribution in [-0.4, -0.2) is 9.97 Å². The fourth-order valence-corrected chi connectivity index (χ4v) is 0.578. The maximum Gasteiger partial charge on any atom is 0.132 e. The summed E-state index contributed by atoms with van der Waals surface area (Å²) < 4.78 is 0. The summed E-state index contributed by atoms with van der Waals surface area (Å²) in [5.41, 5.74) is 0.931. The van der Waals surface area contributed by atoms with E-state index < -0.39 is 0 Å². The molecule has 1 rings (SSSR count). The van der Waals surface area contributed by atoms with Crippen molar-refractivity contribution >= 4 is 5.57 Å². The summed E-state index contributed by atoms with van der Waals surface area (Å²) in [6.07, 6.45) is 5.41. The fraction of sp³-hybridized carbons (Fsp3) is 0.143. The quantitative estimate of drug-likeness (QED) is 0.601. The van der Waals surface area contributed by atoms with Crippen molar-refractivity contribution in [1.29, 1.82) is 0 Å². The molecule has 1 heterocycles. The molecule has 0 atom stereocenters. The highest BCUT2D eigenvalue weighted by molar-refractivity contribution is 5.62. The molecule has 1 radical (unpaired) electrons. The number of nitrogens with zero attached hydrogens (tertiary/aromatic N) is 1. The summed E-state index contributed by atoms with van der Waals surface area (Å²) in [5, 5.41) is 0. The minimum Gasteiger partial charge on any atom is -0.345 e. The van der Waals surface area contributed by atoms with Gasteiger partial charge in [-0.15, -0.1) is 0 Å². The Balaban J connectivity index is 2.90. The highest BCUT2D eigenvalue weighted by Gasteiger charge is 1.92. The highest BCUT2D eigenvalue weighted by Crippen LogP contribution is 2.04. The van der Waals surface area contributed by atoms with Crippen LogP contribution in [0.4, 0.5) is 0 Å². The number of imidazole rings is 1. The van der Waals surface area contributed by atoms with Crippen molar-refractivity contribution in [3.63, 3.8) is 0 Å². The molecule has 0 fully saturated rings. The average molecular weight is 121 g/mol. The predicted octanol–water partition coefficient (Wildman–Crippen LogP) is 1.65. The van der Waals surface area contributed by atoms with Gasteiger partial charge in [0, 0.05) is 12.4 Å². The van der Waals surface area contributed by atoms with E-state index >= 15 is 0 Å². The molecular weight excluding hydrogens is 112 g/mol. The monoisotopic (exact) mass is 121 g/mol. The summed E-state index contributed by atoms with van der Waals surface area (Å²) >= 11 is 0. The van der Waals surface area contributed by atoms with Gasteiger partial charge in [-0.1, -0.05) is 6.08 Å². The largest absolute Gasteiger partial charge is 0.345 e. The first-order valence-electron chi connectivity index (χ1n) is 2.82. The molecule has 47 valence electrons. The Morgan fingerprint density at radius 2 is 2.67 bits per heavy atom. The summed E-state index contributed by atoms with van der Waals surface area (Å²) in [6.45, 7) is 5.70. The number of rotatable bonds is 1. The minimum absolute atomic E-state index is 0.845. The lowest BCUT2D eigenvalue weighted by Gasteiger charge is -1.89. The predicted molar refractivity (Wildman–Crippen MR) is 37.6 cm³/mol. The van der Waals surface area contributed by atoms with Crippen molar-refractivity contribution in [2.45, 2.75) is 6.92 Å². The molecule has 0 bridgehead atoms. The van der Waals surface area contributed by atoms with Gasteiger partial charge in [-0.25, -0.2) is 4.98 Å². The van der Waals surface area contributed by atoms with Gasteiger partial charge < -0.3 is 4.98 Å². The second-order valence-electron chi connectivity index (χ2n) is 1.75. The number of nitrogens with one attached hydrogen (secondary N) is 1. The Morgan fingerprint density at radius 1 is 1.89 bits per heavy atom. The highest BCUT2D eigenvalue weighted by atomic mass is 14.9. The Morgan fingerprint density at radius 3 is 3.11 bits per heavy atom. The molecule has 1 aromatic rings. The van der Waals surface area contributed by atoms with Gasteiger partial charge in [-0.2, -0.15) is 0 Å². The zero-order valence-electron chi connectivity index (χ0n) is 5.39. The van der Waals surface area contributed by atoms with E-state index in [1.165, 1.54) is 0 Å². The maximum absolute atomic E-state index is 4.00. The lowest BCUT2D eigenvalue weighted by atomic mass is 10.3. The zero-order chi connectivity index (χ0) is 6.69. The third kappa shape index (κ3) is 1.19. The molecule has 0 unspecified atom stereocenters. The van der Waals surface area contributed by atoms with E-state index in [0.29, 0.717) is 0 Å². The molecule has 2 nitrogen and oxygen atoms in total. The zero-order valence-corrected chi connectivity index (χ0v) is 5.39. The van der Waals surface area contributed by atoms with Crippen molar-refractivity contribution in [3.8, 4) is 0 Å². The molecule has 0 saturated heterocycles. The van der Waals surface area contributed by atoms with Crippen LogP contribution in [0.25, 0.3) is 5.57 Å². The number of H-pyrrole nitrogens is 1. The summed E-state index contributed by atoms with van der Waals surface area (Å²) in [4.78, 5) is 6.95. The third-order valence-electron chi connectivity index (χ3n) is 1.15. The van der Waals surface area contributed by atoms with Crippen LogP contribution in [-0.2, 0) is 0 Å². The summed E-state index contributed by atoms with van der Waals surface area (Å²) in [7, 11) is 0. The van der Waals surface area contributed by atoms with Crippen molar-refractivity contribution in [1.82, 2.24) is 9.97 Å². The molecule has 0 amide bonds. The van der Waals surface area contributed by atoms with Gasteiger partial charge in [0.2, 0.25) is 0 Å². The second-order valence-corrected chi connectivity index (χ2v) is 1.75. The molecule has 2 heteroatoms. The van der Waals surface area contributed by atoms with E-state index in [2.05, 4.69) is 16.9 Å². The third-order valence-corrected chi connectivity index (χ3v) is 1.15. The van der Waals surface area contributed by atoms with Gasteiger partial charge in [-0.3, -0.25) is 0 Å². The first-order chi connectivity index (χ1) is 4.34. The molecule has 9 heavy (non-hydrogen) atoms. The molecule has 1 N–H and O–H groups in total. The van der Waals surface area contributed by atoms with Gasteiger partial charge in [0.25, 0.3) is 0 Å². The van der Waals surface area contributed by atoms with Crippen molar-refractivity contribution < 1.29 is 0 Å². The van der Waals surface area contributed by atoms with Gasteiger partial charge in [-0.05, 0) is 19.4 Å². The minimum atomic E-state index is 0.845. The van der Waals surface area contributed by atoms with E-state index in [1.807, 2.05) is 13.0 Å². The molecule has 0 aromatic carbocycles. The van der Waals surface area contributed by atoms with E-state index in [4.69, 9.17) is 0 Å². The van der Waals surface area contributed by atoms with E-state index in [9.17, 15) is 0 Å². The Labute approximate surface area is 54.6 Å². The van der Waals surface area contributed by atoms with Crippen LogP contribution >= 0.6 is 0 Å². The number of aromatic nitrogens is 2. The number of aromatic amines is 1. The van der Waals surface area contributed by atoms with Gasteiger partial charge in [0.1, 0.15) is 5.82 Å². The number of hydrogen-bond acceptors (Lipinski definition) is 1. The van der Waals surface area contributed by atoms with Crippen LogP contribution in [0, 0.1) is 6.92 Å². The lowest BCUT2D eigenvalue weighted by molar-refractivity contribution is 1.24. The molecule has 0 aliphatic heterocycles. The van der Waals surface area contributed by atoms with Crippen LogP contribution in [0.1, 0.15) is 12.7 Å². The van der Waals surface area contributed by atoms with Crippen LogP contribution in [0.3, 0.4) is 0 Å². The van der Waals surface area contributed by atoms with Crippen LogP contribution in [0.5, 0.6) is 0 Å². The maximum atomic E-state index is 4.00. The SMILES string of the molecule is [CH2]C(=CC)c1ncc[nH]1. The van der Waals surface area contributed by atoms with Crippen LogP contribution in [0.2, 0.25) is 0 Å².